The minimum Gasteiger partial charge on any atom is -0.463 e. The summed E-state index contributed by atoms with van der Waals surface area (Å²) in [6.07, 6.45) is -3.04. The number of hydrogen-bond donors (Lipinski definition) is 1. The Morgan fingerprint density at radius 2 is 1.90 bits per heavy atom. The lowest BCUT2D eigenvalue weighted by molar-refractivity contribution is -0.137. The molecule has 0 saturated heterocycles. The summed E-state index contributed by atoms with van der Waals surface area (Å²) < 4.78 is 49.4. The van der Waals surface area contributed by atoms with Gasteiger partial charge in [0, 0.05) is 16.6 Å². The molecule has 5 nitrogen and oxygen atoms in total. The van der Waals surface area contributed by atoms with Gasteiger partial charge in [0.05, 0.1) is 23.1 Å². The summed E-state index contributed by atoms with van der Waals surface area (Å²) in [6, 6.07) is 9.49. The van der Waals surface area contributed by atoms with Crippen LogP contribution in [0.15, 0.2) is 57.7 Å². The number of anilines is 1. The number of aromatic nitrogens is 1. The number of nitrogens with one attached hydrogen (secondary N) is 1. The highest BCUT2D eigenvalue weighted by Gasteiger charge is 2.30. The van der Waals surface area contributed by atoms with Crippen LogP contribution in [0, 0.1) is 13.8 Å². The molecule has 0 bridgehead atoms. The van der Waals surface area contributed by atoms with Gasteiger partial charge in [-0.05, 0) is 49.7 Å². The van der Waals surface area contributed by atoms with Crippen LogP contribution in [-0.2, 0) is 6.18 Å². The maximum atomic E-state index is 12.9. The summed E-state index contributed by atoms with van der Waals surface area (Å²) in [7, 11) is 0. The third kappa shape index (κ3) is 3.37. The Bertz CT molecular complexity index is 1200. The van der Waals surface area contributed by atoms with Crippen LogP contribution in [0.5, 0.6) is 0 Å². The highest BCUT2D eigenvalue weighted by molar-refractivity contribution is 6.13. The van der Waals surface area contributed by atoms with Crippen molar-refractivity contribution in [3.05, 3.63) is 71.3 Å². The molecule has 2 aromatic heterocycles. The van der Waals surface area contributed by atoms with Crippen molar-refractivity contribution in [2.45, 2.75) is 20.0 Å². The normalized spacial score (nSPS) is 11.8. The lowest BCUT2D eigenvalue weighted by Crippen LogP contribution is -2.13. The fraction of sp³-hybridized carbons (Fsp3) is 0.143. The van der Waals surface area contributed by atoms with Crippen LogP contribution < -0.4 is 5.32 Å². The van der Waals surface area contributed by atoms with Crippen LogP contribution in [0.1, 0.15) is 27.4 Å². The van der Waals surface area contributed by atoms with Crippen molar-refractivity contribution in [3.8, 4) is 11.1 Å². The van der Waals surface area contributed by atoms with Crippen LogP contribution in [0.25, 0.3) is 22.1 Å². The molecule has 0 aliphatic carbocycles. The average molecular weight is 400 g/mol. The predicted molar refractivity (Wildman–Crippen MR) is 101 cm³/mol. The number of nitrogens with zero attached hydrogens (tertiary/aromatic N) is 1. The minimum atomic E-state index is -4.50. The van der Waals surface area contributed by atoms with Crippen LogP contribution in [0.4, 0.5) is 18.9 Å². The molecular weight excluding hydrogens is 385 g/mol. The first-order valence-electron chi connectivity index (χ1n) is 8.68. The number of amides is 1. The lowest BCUT2D eigenvalue weighted by atomic mass is 9.98. The van der Waals surface area contributed by atoms with Gasteiger partial charge >= 0.3 is 6.18 Å². The van der Waals surface area contributed by atoms with Crippen molar-refractivity contribution in [2.75, 3.05) is 5.32 Å². The summed E-state index contributed by atoms with van der Waals surface area (Å²) >= 11 is 0. The van der Waals surface area contributed by atoms with E-state index < -0.39 is 17.6 Å². The number of halogens is 3. The van der Waals surface area contributed by atoms with Crippen molar-refractivity contribution in [3.63, 3.8) is 0 Å². The van der Waals surface area contributed by atoms with Gasteiger partial charge in [-0.1, -0.05) is 17.3 Å². The number of carbonyl (C=O) groups excluding carboxylic acids is 1. The standard InChI is InChI=1S/C21H15F3N2O3/c1-11-18(12(2)29-26-11)15-6-7-17(19-16(15)8-9-28-19)20(27)25-14-5-3-4-13(10-14)21(22,23)24/h3-10H,1-2H3,(H,25,27). The van der Waals surface area contributed by atoms with Crippen molar-refractivity contribution < 1.29 is 26.9 Å². The quantitative estimate of drug-likeness (QED) is 0.460. The number of alkyl halides is 3. The topological polar surface area (TPSA) is 68.3 Å². The summed E-state index contributed by atoms with van der Waals surface area (Å²) in [6.45, 7) is 3.60. The van der Waals surface area contributed by atoms with E-state index in [4.69, 9.17) is 8.94 Å². The Morgan fingerprint density at radius 3 is 2.59 bits per heavy atom. The van der Waals surface area contributed by atoms with E-state index in [1.165, 1.54) is 18.4 Å². The van der Waals surface area contributed by atoms with E-state index in [9.17, 15) is 18.0 Å². The van der Waals surface area contributed by atoms with Gasteiger partial charge < -0.3 is 14.3 Å². The van der Waals surface area contributed by atoms with E-state index in [1.807, 2.05) is 6.92 Å². The van der Waals surface area contributed by atoms with Crippen molar-refractivity contribution >= 4 is 22.6 Å². The van der Waals surface area contributed by atoms with E-state index >= 15 is 0 Å². The number of carbonyl (C=O) groups is 1. The molecule has 8 heteroatoms. The lowest BCUT2D eigenvalue weighted by Gasteiger charge is -2.11. The van der Waals surface area contributed by atoms with Gasteiger partial charge in [-0.15, -0.1) is 0 Å². The molecule has 0 aliphatic rings. The maximum Gasteiger partial charge on any atom is 0.416 e. The number of benzene rings is 2. The molecule has 1 N–H and O–H groups in total. The molecule has 0 saturated carbocycles. The molecule has 0 spiro atoms. The summed E-state index contributed by atoms with van der Waals surface area (Å²) in [4.78, 5) is 12.7. The zero-order chi connectivity index (χ0) is 20.8. The van der Waals surface area contributed by atoms with E-state index in [-0.39, 0.29) is 11.3 Å². The van der Waals surface area contributed by atoms with E-state index in [1.54, 1.807) is 25.1 Å². The fourth-order valence-corrected chi connectivity index (χ4v) is 3.30. The summed E-state index contributed by atoms with van der Waals surface area (Å²) in [5, 5.41) is 7.13. The van der Waals surface area contributed by atoms with Gasteiger partial charge in [0.1, 0.15) is 11.3 Å². The molecule has 0 unspecified atom stereocenters. The third-order valence-corrected chi connectivity index (χ3v) is 4.61. The molecule has 4 aromatic rings. The monoisotopic (exact) mass is 400 g/mol. The van der Waals surface area contributed by atoms with Crippen LogP contribution >= 0.6 is 0 Å². The van der Waals surface area contributed by atoms with Crippen molar-refractivity contribution in [2.24, 2.45) is 0 Å². The first-order chi connectivity index (χ1) is 13.8. The number of furan rings is 1. The number of rotatable bonds is 3. The number of aryl methyl sites for hydroxylation is 2. The Balaban J connectivity index is 1.72. The highest BCUT2D eigenvalue weighted by Crippen LogP contribution is 2.36. The fourth-order valence-electron chi connectivity index (χ4n) is 3.30. The predicted octanol–water partition coefficient (Wildman–Crippen LogP) is 5.98. The van der Waals surface area contributed by atoms with E-state index in [0.29, 0.717) is 22.4 Å². The molecule has 29 heavy (non-hydrogen) atoms. The SMILES string of the molecule is Cc1noc(C)c1-c1ccc(C(=O)Nc2cccc(C(F)(F)F)c2)c2occc12. The van der Waals surface area contributed by atoms with Gasteiger partial charge in [-0.25, -0.2) is 0 Å². The Kier molecular flexibility index (Phi) is 4.41. The summed E-state index contributed by atoms with van der Waals surface area (Å²) in [5.41, 5.74) is 2.03. The third-order valence-electron chi connectivity index (χ3n) is 4.61. The minimum absolute atomic E-state index is 0.0410. The second kappa shape index (κ2) is 6.80. The molecule has 1 amide bonds. The first kappa shape index (κ1) is 18.8. The first-order valence-corrected chi connectivity index (χ1v) is 8.68. The average Bonchev–Trinajstić information content (AvgIpc) is 3.28. The van der Waals surface area contributed by atoms with Gasteiger partial charge in [0.2, 0.25) is 0 Å². The Labute approximate surface area is 163 Å². The van der Waals surface area contributed by atoms with Gasteiger partial charge in [0.25, 0.3) is 5.91 Å². The highest BCUT2D eigenvalue weighted by atomic mass is 19.4. The zero-order valence-electron chi connectivity index (χ0n) is 15.4. The Hall–Kier alpha value is -3.55. The van der Waals surface area contributed by atoms with E-state index in [0.717, 1.165) is 23.3 Å². The zero-order valence-corrected chi connectivity index (χ0v) is 15.4. The molecule has 0 radical (unpaired) electrons. The van der Waals surface area contributed by atoms with Gasteiger partial charge in [-0.3, -0.25) is 4.79 Å². The number of fused-ring (bicyclic) bond motifs is 1. The van der Waals surface area contributed by atoms with Crippen LogP contribution in [0.3, 0.4) is 0 Å². The molecule has 0 fully saturated rings. The van der Waals surface area contributed by atoms with Crippen molar-refractivity contribution in [1.82, 2.24) is 5.16 Å². The summed E-state index contributed by atoms with van der Waals surface area (Å²) in [5.74, 6) is 0.0563. The molecule has 0 atom stereocenters. The molecule has 4 rings (SSSR count). The molecular formula is C21H15F3N2O3. The van der Waals surface area contributed by atoms with Crippen LogP contribution in [0.2, 0.25) is 0 Å². The van der Waals surface area contributed by atoms with Crippen LogP contribution in [-0.4, -0.2) is 11.1 Å². The van der Waals surface area contributed by atoms with Gasteiger partial charge in [0.15, 0.2) is 0 Å². The largest absolute Gasteiger partial charge is 0.463 e. The smallest absolute Gasteiger partial charge is 0.416 e. The molecule has 2 aromatic carbocycles. The maximum absolute atomic E-state index is 12.9. The molecule has 2 heterocycles. The number of hydrogen-bond acceptors (Lipinski definition) is 4. The second-order valence-electron chi connectivity index (χ2n) is 6.56. The second-order valence-corrected chi connectivity index (χ2v) is 6.56. The van der Waals surface area contributed by atoms with E-state index in [2.05, 4.69) is 10.5 Å². The molecule has 0 aliphatic heterocycles. The molecule has 148 valence electrons. The van der Waals surface area contributed by atoms with Crippen molar-refractivity contribution in [1.29, 1.82) is 0 Å². The van der Waals surface area contributed by atoms with Gasteiger partial charge in [-0.2, -0.15) is 13.2 Å². The Morgan fingerprint density at radius 1 is 1.10 bits per heavy atom.